The Morgan fingerprint density at radius 1 is 1.18 bits per heavy atom. The molecule has 96 valence electrons. The molecule has 0 aromatic carbocycles. The number of rotatable bonds is 6. The second-order valence-corrected chi connectivity index (χ2v) is 4.32. The fraction of sp³-hybridized carbons (Fsp3) is 0.600. The van der Waals surface area contributed by atoms with E-state index in [1.54, 1.807) is 0 Å². The van der Waals surface area contributed by atoms with E-state index in [1.807, 2.05) is 6.08 Å². The molecule has 1 fully saturated rings. The third-order valence-electron chi connectivity index (χ3n) is 2.65. The Labute approximate surface area is 105 Å². The van der Waals surface area contributed by atoms with Gasteiger partial charge in [0.2, 0.25) is 0 Å². The van der Waals surface area contributed by atoms with E-state index in [-0.39, 0.29) is 0 Å². The molecule has 2 heteroatoms. The van der Waals surface area contributed by atoms with Gasteiger partial charge in [0.1, 0.15) is 13.2 Å². The van der Waals surface area contributed by atoms with E-state index < -0.39 is 0 Å². The largest absolute Gasteiger partial charge is 0.486 e. The molecule has 2 nitrogen and oxygen atoms in total. The van der Waals surface area contributed by atoms with E-state index in [4.69, 9.17) is 9.47 Å². The zero-order chi connectivity index (χ0) is 12.5. The van der Waals surface area contributed by atoms with Crippen LogP contribution in [-0.4, -0.2) is 13.2 Å². The highest BCUT2D eigenvalue weighted by Crippen LogP contribution is 2.21. The number of ether oxygens (including phenoxy) is 2. The Morgan fingerprint density at radius 3 is 2.53 bits per heavy atom. The van der Waals surface area contributed by atoms with Gasteiger partial charge in [-0.05, 0) is 31.4 Å². The number of hydrogen-bond acceptors (Lipinski definition) is 2. The molecule has 1 heterocycles. The summed E-state index contributed by atoms with van der Waals surface area (Å²) in [5, 5.41) is 0. The monoisotopic (exact) mass is 236 g/mol. The van der Waals surface area contributed by atoms with Crippen LogP contribution < -0.4 is 0 Å². The molecule has 0 amide bonds. The van der Waals surface area contributed by atoms with Gasteiger partial charge in [-0.1, -0.05) is 38.8 Å². The lowest BCUT2D eigenvalue weighted by atomic mass is 10.1. The normalized spacial score (nSPS) is 20.1. The van der Waals surface area contributed by atoms with Crippen molar-refractivity contribution in [1.29, 1.82) is 0 Å². The summed E-state index contributed by atoms with van der Waals surface area (Å²) in [6.07, 6.45) is 9.68. The van der Waals surface area contributed by atoms with Gasteiger partial charge in [-0.2, -0.15) is 0 Å². The molecule has 0 bridgehead atoms. The Kier molecular flexibility index (Phi) is 6.53. The Hall–Kier alpha value is -1.18. The molecule has 0 spiro atoms. The first-order chi connectivity index (χ1) is 8.27. The molecule has 0 saturated carbocycles. The third kappa shape index (κ3) is 5.12. The highest BCUT2D eigenvalue weighted by Gasteiger charge is 2.13. The molecule has 0 N–H and O–H groups in total. The molecular formula is C15H24O2. The van der Waals surface area contributed by atoms with E-state index in [2.05, 4.69) is 26.5 Å². The summed E-state index contributed by atoms with van der Waals surface area (Å²) in [6, 6.07) is 0. The number of hydrogen-bond donors (Lipinski definition) is 0. The molecule has 0 atom stereocenters. The molecule has 0 aromatic heterocycles. The predicted molar refractivity (Wildman–Crippen MR) is 71.6 cm³/mol. The number of unbranched alkanes of at least 4 members (excludes halogenated alkanes) is 2. The SMILES string of the molecule is C=C(/C=C1/OCCO/C1=C/CCC)CCCC. The first kappa shape index (κ1) is 13.9. The van der Waals surface area contributed by atoms with Crippen molar-refractivity contribution < 1.29 is 9.47 Å². The van der Waals surface area contributed by atoms with Gasteiger partial charge in [0, 0.05) is 0 Å². The predicted octanol–water partition coefficient (Wildman–Crippen LogP) is 4.35. The lowest BCUT2D eigenvalue weighted by Crippen LogP contribution is -2.14. The van der Waals surface area contributed by atoms with Crippen LogP contribution in [-0.2, 0) is 9.47 Å². The molecule has 0 aromatic rings. The van der Waals surface area contributed by atoms with Crippen molar-refractivity contribution in [1.82, 2.24) is 0 Å². The van der Waals surface area contributed by atoms with E-state index in [9.17, 15) is 0 Å². The summed E-state index contributed by atoms with van der Waals surface area (Å²) in [7, 11) is 0. The van der Waals surface area contributed by atoms with Crippen LogP contribution in [0.5, 0.6) is 0 Å². The topological polar surface area (TPSA) is 18.5 Å². The highest BCUT2D eigenvalue weighted by atomic mass is 16.6. The number of allylic oxidation sites excluding steroid dienone is 3. The zero-order valence-electron chi connectivity index (χ0n) is 11.1. The van der Waals surface area contributed by atoms with Crippen molar-refractivity contribution in [2.24, 2.45) is 0 Å². The van der Waals surface area contributed by atoms with Gasteiger partial charge in [-0.3, -0.25) is 0 Å². The van der Waals surface area contributed by atoms with E-state index in [0.717, 1.165) is 36.4 Å². The quantitative estimate of drug-likeness (QED) is 0.682. The fourth-order valence-corrected chi connectivity index (χ4v) is 1.65. The van der Waals surface area contributed by atoms with Crippen molar-refractivity contribution in [3.63, 3.8) is 0 Å². The lowest BCUT2D eigenvalue weighted by Gasteiger charge is -2.21. The Morgan fingerprint density at radius 2 is 1.88 bits per heavy atom. The van der Waals surface area contributed by atoms with Gasteiger partial charge < -0.3 is 9.47 Å². The van der Waals surface area contributed by atoms with Gasteiger partial charge in [-0.25, -0.2) is 0 Å². The third-order valence-corrected chi connectivity index (χ3v) is 2.65. The maximum Gasteiger partial charge on any atom is 0.161 e. The van der Waals surface area contributed by atoms with Crippen molar-refractivity contribution in [3.8, 4) is 0 Å². The standard InChI is InChI=1S/C15H24O2/c1-4-6-8-13(3)12-15-14(9-7-5-2)16-10-11-17-15/h9,12H,3-8,10-11H2,1-2H3/b14-9+,15-12+. The molecule has 0 radical (unpaired) electrons. The lowest BCUT2D eigenvalue weighted by molar-refractivity contribution is 0.0589. The fourth-order valence-electron chi connectivity index (χ4n) is 1.65. The minimum atomic E-state index is 0.635. The van der Waals surface area contributed by atoms with Crippen LogP contribution >= 0.6 is 0 Å². The van der Waals surface area contributed by atoms with Crippen LogP contribution in [0.1, 0.15) is 46.0 Å². The van der Waals surface area contributed by atoms with Crippen LogP contribution in [0.2, 0.25) is 0 Å². The van der Waals surface area contributed by atoms with Gasteiger partial charge in [0.15, 0.2) is 11.5 Å². The van der Waals surface area contributed by atoms with Crippen molar-refractivity contribution in [2.75, 3.05) is 13.2 Å². The average molecular weight is 236 g/mol. The summed E-state index contributed by atoms with van der Waals surface area (Å²) in [5.74, 6) is 1.74. The zero-order valence-corrected chi connectivity index (χ0v) is 11.1. The first-order valence-corrected chi connectivity index (χ1v) is 6.63. The van der Waals surface area contributed by atoms with Crippen LogP contribution in [0.4, 0.5) is 0 Å². The van der Waals surface area contributed by atoms with Crippen LogP contribution in [0.25, 0.3) is 0 Å². The van der Waals surface area contributed by atoms with Crippen molar-refractivity contribution >= 4 is 0 Å². The van der Waals surface area contributed by atoms with Crippen molar-refractivity contribution in [2.45, 2.75) is 46.0 Å². The van der Waals surface area contributed by atoms with Gasteiger partial charge in [0.05, 0.1) is 0 Å². The molecule has 1 saturated heterocycles. The summed E-state index contributed by atoms with van der Waals surface area (Å²) < 4.78 is 11.3. The highest BCUT2D eigenvalue weighted by molar-refractivity contribution is 5.29. The summed E-state index contributed by atoms with van der Waals surface area (Å²) in [4.78, 5) is 0. The average Bonchev–Trinajstić information content (AvgIpc) is 2.35. The maximum absolute atomic E-state index is 5.65. The van der Waals surface area contributed by atoms with Gasteiger partial charge in [0.25, 0.3) is 0 Å². The van der Waals surface area contributed by atoms with Crippen LogP contribution in [0.15, 0.2) is 35.8 Å². The minimum Gasteiger partial charge on any atom is -0.486 e. The first-order valence-electron chi connectivity index (χ1n) is 6.63. The molecule has 1 aliphatic rings. The van der Waals surface area contributed by atoms with Gasteiger partial charge in [-0.15, -0.1) is 0 Å². The molecule has 0 aliphatic carbocycles. The minimum absolute atomic E-state index is 0.635. The molecule has 1 aliphatic heterocycles. The Balaban J connectivity index is 2.63. The second kappa shape index (κ2) is 7.99. The molecule has 17 heavy (non-hydrogen) atoms. The van der Waals surface area contributed by atoms with E-state index >= 15 is 0 Å². The van der Waals surface area contributed by atoms with E-state index in [0.29, 0.717) is 13.2 Å². The van der Waals surface area contributed by atoms with Crippen LogP contribution in [0.3, 0.4) is 0 Å². The summed E-state index contributed by atoms with van der Waals surface area (Å²) >= 11 is 0. The van der Waals surface area contributed by atoms with Gasteiger partial charge >= 0.3 is 0 Å². The second-order valence-electron chi connectivity index (χ2n) is 4.32. The van der Waals surface area contributed by atoms with Crippen LogP contribution in [0, 0.1) is 0 Å². The Bertz CT molecular complexity index is 300. The molecule has 0 unspecified atom stereocenters. The van der Waals surface area contributed by atoms with Crippen molar-refractivity contribution in [3.05, 3.63) is 35.8 Å². The van der Waals surface area contributed by atoms with E-state index in [1.165, 1.54) is 12.8 Å². The summed E-state index contributed by atoms with van der Waals surface area (Å²) in [6.45, 7) is 9.69. The summed E-state index contributed by atoms with van der Waals surface area (Å²) in [5.41, 5.74) is 1.12. The molecular weight excluding hydrogens is 212 g/mol. The smallest absolute Gasteiger partial charge is 0.161 e. The molecule has 1 rings (SSSR count). The maximum atomic E-state index is 5.65.